The molecule has 0 aliphatic carbocycles. The molecule has 0 saturated carbocycles. The molecule has 0 aliphatic heterocycles. The number of aliphatic carboxylic acids is 1. The van der Waals surface area contributed by atoms with Crippen molar-refractivity contribution in [1.29, 1.82) is 0 Å². The molecule has 2 N–H and O–H groups in total. The summed E-state index contributed by atoms with van der Waals surface area (Å²) >= 11 is 5.86. The van der Waals surface area contributed by atoms with Crippen LogP contribution in [0.5, 0.6) is 5.75 Å². The van der Waals surface area contributed by atoms with Crippen LogP contribution in [-0.2, 0) is 22.4 Å². The van der Waals surface area contributed by atoms with Gasteiger partial charge in [-0.25, -0.2) is 9.59 Å². The topological polar surface area (TPSA) is 106 Å². The number of amides is 1. The molecular weight excluding hydrogens is 434 g/mol. The minimum absolute atomic E-state index is 0.109. The number of aryl methyl sites for hydroxylation is 2. The van der Waals surface area contributed by atoms with Crippen LogP contribution in [-0.4, -0.2) is 29.6 Å². The Morgan fingerprint density at radius 3 is 2.56 bits per heavy atom. The average molecular weight is 458 g/mol. The van der Waals surface area contributed by atoms with Gasteiger partial charge >= 0.3 is 11.6 Å². The van der Waals surface area contributed by atoms with Crippen molar-refractivity contribution in [3.8, 4) is 5.75 Å². The summed E-state index contributed by atoms with van der Waals surface area (Å²) in [6.07, 6.45) is 1.57. The first kappa shape index (κ1) is 23.3. The van der Waals surface area contributed by atoms with Gasteiger partial charge in [0.15, 0.2) is 6.61 Å². The van der Waals surface area contributed by atoms with Crippen molar-refractivity contribution in [3.63, 3.8) is 0 Å². The van der Waals surface area contributed by atoms with Crippen molar-refractivity contribution in [2.45, 2.75) is 39.2 Å². The molecule has 0 bridgehead atoms. The largest absolute Gasteiger partial charge is 0.483 e. The van der Waals surface area contributed by atoms with Crippen molar-refractivity contribution in [2.75, 3.05) is 6.61 Å². The number of ether oxygens (including phenoxy) is 1. The third-order valence-corrected chi connectivity index (χ3v) is 5.15. The molecule has 0 fully saturated rings. The van der Waals surface area contributed by atoms with E-state index in [4.69, 9.17) is 20.8 Å². The van der Waals surface area contributed by atoms with E-state index in [1.807, 2.05) is 13.8 Å². The highest BCUT2D eigenvalue weighted by molar-refractivity contribution is 6.30. The van der Waals surface area contributed by atoms with Gasteiger partial charge in [-0.3, -0.25) is 4.79 Å². The molecule has 2 aromatic carbocycles. The lowest BCUT2D eigenvalue weighted by molar-refractivity contribution is -0.142. The smallest absolute Gasteiger partial charge is 0.336 e. The fourth-order valence-electron chi connectivity index (χ4n) is 3.49. The van der Waals surface area contributed by atoms with Crippen LogP contribution in [0, 0.1) is 6.92 Å². The van der Waals surface area contributed by atoms with E-state index in [2.05, 4.69) is 5.32 Å². The maximum atomic E-state index is 12.5. The number of hydrogen-bond acceptors (Lipinski definition) is 5. The van der Waals surface area contributed by atoms with Crippen molar-refractivity contribution >= 4 is 34.4 Å². The lowest BCUT2D eigenvalue weighted by Gasteiger charge is -2.16. The van der Waals surface area contributed by atoms with Crippen molar-refractivity contribution < 1.29 is 23.8 Å². The van der Waals surface area contributed by atoms with Crippen LogP contribution >= 0.6 is 11.6 Å². The third-order valence-electron chi connectivity index (χ3n) is 4.90. The van der Waals surface area contributed by atoms with E-state index in [1.165, 1.54) is 6.07 Å². The molecule has 0 aliphatic rings. The molecule has 7 nitrogen and oxygen atoms in total. The number of rotatable bonds is 9. The predicted octanol–water partition coefficient (Wildman–Crippen LogP) is 3.90. The van der Waals surface area contributed by atoms with Gasteiger partial charge in [0.2, 0.25) is 0 Å². The van der Waals surface area contributed by atoms with Crippen molar-refractivity contribution in [3.05, 3.63) is 74.6 Å². The van der Waals surface area contributed by atoms with Gasteiger partial charge in [-0.1, -0.05) is 37.1 Å². The van der Waals surface area contributed by atoms with E-state index >= 15 is 0 Å². The van der Waals surface area contributed by atoms with E-state index in [0.717, 1.165) is 23.1 Å². The normalized spacial score (nSPS) is 11.8. The first-order valence-electron chi connectivity index (χ1n) is 10.2. The fraction of sp³-hybridized carbons (Fsp3) is 0.292. The summed E-state index contributed by atoms with van der Waals surface area (Å²) in [4.78, 5) is 36.0. The number of nitrogens with one attached hydrogen (secondary N) is 1. The molecule has 168 valence electrons. The van der Waals surface area contributed by atoms with Gasteiger partial charge in [-0.05, 0) is 54.3 Å². The first-order valence-corrected chi connectivity index (χ1v) is 10.6. The van der Waals surface area contributed by atoms with Crippen LogP contribution in [0.4, 0.5) is 0 Å². The number of halogens is 1. The third kappa shape index (κ3) is 5.88. The number of fused-ring (bicyclic) bond motifs is 1. The lowest BCUT2D eigenvalue weighted by Crippen LogP contribution is -2.44. The molecule has 0 saturated heterocycles. The van der Waals surface area contributed by atoms with Gasteiger partial charge in [0.05, 0.1) is 5.39 Å². The summed E-state index contributed by atoms with van der Waals surface area (Å²) in [5.74, 6) is -1.32. The second-order valence-electron chi connectivity index (χ2n) is 7.55. The van der Waals surface area contributed by atoms with Crippen LogP contribution in [0.1, 0.15) is 30.0 Å². The summed E-state index contributed by atoms with van der Waals surface area (Å²) in [5.41, 5.74) is 2.26. The van der Waals surface area contributed by atoms with Crippen molar-refractivity contribution in [1.82, 2.24) is 5.32 Å². The van der Waals surface area contributed by atoms with E-state index < -0.39 is 23.5 Å². The van der Waals surface area contributed by atoms with E-state index in [1.54, 1.807) is 36.4 Å². The Labute approximate surface area is 190 Å². The highest BCUT2D eigenvalue weighted by atomic mass is 35.5. The van der Waals surface area contributed by atoms with Crippen molar-refractivity contribution in [2.24, 2.45) is 0 Å². The van der Waals surface area contributed by atoms with Crippen LogP contribution in [0.15, 0.2) is 51.7 Å². The van der Waals surface area contributed by atoms with Crippen LogP contribution < -0.4 is 15.7 Å². The maximum absolute atomic E-state index is 12.5. The number of carbonyl (C=O) groups excluding carboxylic acids is 1. The Balaban J connectivity index is 1.76. The van der Waals surface area contributed by atoms with Gasteiger partial charge in [0, 0.05) is 17.5 Å². The minimum atomic E-state index is -1.15. The zero-order valence-corrected chi connectivity index (χ0v) is 18.6. The molecule has 0 unspecified atom stereocenters. The Hall–Kier alpha value is -3.32. The minimum Gasteiger partial charge on any atom is -0.483 e. The van der Waals surface area contributed by atoms with Crippen LogP contribution in [0.3, 0.4) is 0 Å². The Kier molecular flexibility index (Phi) is 7.53. The van der Waals surface area contributed by atoms with Gasteiger partial charge in [0.1, 0.15) is 17.4 Å². The average Bonchev–Trinajstić information content (AvgIpc) is 2.72. The lowest BCUT2D eigenvalue weighted by atomic mass is 10.0. The fourth-order valence-corrected chi connectivity index (χ4v) is 3.61. The predicted molar refractivity (Wildman–Crippen MR) is 121 cm³/mol. The number of carboxylic acids is 1. The summed E-state index contributed by atoms with van der Waals surface area (Å²) < 4.78 is 11.1. The van der Waals surface area contributed by atoms with Gasteiger partial charge in [-0.2, -0.15) is 0 Å². The summed E-state index contributed by atoms with van der Waals surface area (Å²) in [6, 6.07) is 10.6. The Bertz CT molecular complexity index is 1190. The number of carboxylic acid groups (broad SMARTS) is 1. The zero-order valence-electron chi connectivity index (χ0n) is 17.8. The van der Waals surface area contributed by atoms with Crippen LogP contribution in [0.25, 0.3) is 11.0 Å². The molecular formula is C24H24ClNO6. The summed E-state index contributed by atoms with van der Waals surface area (Å²) in [7, 11) is 0. The summed E-state index contributed by atoms with van der Waals surface area (Å²) in [5, 5.41) is 13.2. The molecule has 32 heavy (non-hydrogen) atoms. The molecule has 0 spiro atoms. The zero-order chi connectivity index (χ0) is 23.3. The SMILES string of the molecule is CCCc1cc(=O)oc2cc(C)cc(OCC(=O)N[C@@H](Cc3ccc(Cl)cc3)C(=O)O)c12. The quantitative estimate of drug-likeness (QED) is 0.472. The molecule has 1 atom stereocenters. The second kappa shape index (κ2) is 10.3. The van der Waals surface area contributed by atoms with E-state index in [0.29, 0.717) is 28.2 Å². The number of benzene rings is 2. The molecule has 8 heteroatoms. The molecule has 3 rings (SSSR count). The molecule has 1 heterocycles. The first-order chi connectivity index (χ1) is 15.3. The number of hydrogen-bond donors (Lipinski definition) is 2. The van der Waals surface area contributed by atoms with E-state index in [9.17, 15) is 19.5 Å². The second-order valence-corrected chi connectivity index (χ2v) is 7.99. The van der Waals surface area contributed by atoms with Gasteiger partial charge in [0.25, 0.3) is 5.91 Å². The van der Waals surface area contributed by atoms with E-state index in [-0.39, 0.29) is 13.0 Å². The maximum Gasteiger partial charge on any atom is 0.336 e. The molecule has 3 aromatic rings. The number of carbonyl (C=O) groups is 2. The highest BCUT2D eigenvalue weighted by Gasteiger charge is 2.21. The molecule has 1 amide bonds. The molecule has 1 aromatic heterocycles. The monoisotopic (exact) mass is 457 g/mol. The van der Waals surface area contributed by atoms with Gasteiger partial charge in [-0.15, -0.1) is 0 Å². The molecule has 0 radical (unpaired) electrons. The standard InChI is InChI=1S/C24H24ClNO6/c1-3-4-16-12-22(28)32-20-10-14(2)9-19(23(16)20)31-13-21(27)26-18(24(29)30)11-15-5-7-17(25)8-6-15/h5-10,12,18H,3-4,11,13H2,1-2H3,(H,26,27)(H,29,30)/t18-/m0/s1. The summed E-state index contributed by atoms with van der Waals surface area (Å²) in [6.45, 7) is 3.44. The van der Waals surface area contributed by atoms with Gasteiger partial charge < -0.3 is 19.6 Å². The highest BCUT2D eigenvalue weighted by Crippen LogP contribution is 2.30. The Morgan fingerprint density at radius 1 is 1.19 bits per heavy atom. The Morgan fingerprint density at radius 2 is 1.91 bits per heavy atom. The van der Waals surface area contributed by atoms with Crippen LogP contribution in [0.2, 0.25) is 5.02 Å².